The molecule has 1 saturated carbocycles. The molecule has 1 heterocycles. The molecule has 0 saturated heterocycles. The predicted molar refractivity (Wildman–Crippen MR) is 81.2 cm³/mol. The van der Waals surface area contributed by atoms with Gasteiger partial charge in [0.15, 0.2) is 5.82 Å². The number of hydrogen-bond acceptors (Lipinski definition) is 6. The number of ether oxygens (including phenoxy) is 1. The molecular formula is C14H25N5O. The molecule has 2 rings (SSSR count). The monoisotopic (exact) mass is 279 g/mol. The normalized spacial score (nSPS) is 14.6. The van der Waals surface area contributed by atoms with E-state index in [4.69, 9.17) is 10.5 Å². The standard InChI is InChI=1S/C14H25N5O/c1-4-9-20-14-11(15)13(16-7-8-19(2)3)17-12(18-14)10-5-6-10/h10H,4-9,15H2,1-3H3,(H,16,17,18). The fourth-order valence-corrected chi connectivity index (χ4v) is 1.83. The highest BCUT2D eigenvalue weighted by atomic mass is 16.5. The first kappa shape index (κ1) is 14.8. The molecule has 6 heteroatoms. The van der Waals surface area contributed by atoms with Crippen LogP contribution in [0.4, 0.5) is 11.5 Å². The van der Waals surface area contributed by atoms with Gasteiger partial charge in [0.25, 0.3) is 0 Å². The lowest BCUT2D eigenvalue weighted by Crippen LogP contribution is -2.22. The van der Waals surface area contributed by atoms with Gasteiger partial charge in [-0.3, -0.25) is 0 Å². The first-order chi connectivity index (χ1) is 9.61. The topological polar surface area (TPSA) is 76.3 Å². The van der Waals surface area contributed by atoms with Crippen LogP contribution in [0.5, 0.6) is 5.88 Å². The van der Waals surface area contributed by atoms with E-state index in [1.165, 1.54) is 0 Å². The Labute approximate surface area is 120 Å². The minimum Gasteiger partial charge on any atom is -0.476 e. The zero-order valence-electron chi connectivity index (χ0n) is 12.6. The summed E-state index contributed by atoms with van der Waals surface area (Å²) in [6.07, 6.45) is 3.26. The quantitative estimate of drug-likeness (QED) is 0.754. The summed E-state index contributed by atoms with van der Waals surface area (Å²) in [4.78, 5) is 11.1. The number of nitrogens with one attached hydrogen (secondary N) is 1. The maximum Gasteiger partial charge on any atom is 0.242 e. The van der Waals surface area contributed by atoms with Crippen LogP contribution in [-0.4, -0.2) is 48.7 Å². The van der Waals surface area contributed by atoms with Crippen molar-refractivity contribution in [2.75, 3.05) is 44.8 Å². The zero-order chi connectivity index (χ0) is 14.5. The van der Waals surface area contributed by atoms with E-state index in [1.54, 1.807) is 0 Å². The van der Waals surface area contributed by atoms with Gasteiger partial charge < -0.3 is 20.7 Å². The Hall–Kier alpha value is -1.56. The second-order valence-corrected chi connectivity index (χ2v) is 5.50. The van der Waals surface area contributed by atoms with E-state index in [9.17, 15) is 0 Å². The second-order valence-electron chi connectivity index (χ2n) is 5.50. The Balaban J connectivity index is 2.12. The third-order valence-corrected chi connectivity index (χ3v) is 3.16. The maximum absolute atomic E-state index is 6.10. The van der Waals surface area contributed by atoms with E-state index >= 15 is 0 Å². The fraction of sp³-hybridized carbons (Fsp3) is 0.714. The number of likely N-dealkylation sites (N-methyl/N-ethyl adjacent to an activating group) is 1. The van der Waals surface area contributed by atoms with Gasteiger partial charge in [-0.05, 0) is 33.4 Å². The molecule has 1 aromatic heterocycles. The van der Waals surface area contributed by atoms with E-state index in [-0.39, 0.29) is 0 Å². The van der Waals surface area contributed by atoms with Gasteiger partial charge in [-0.2, -0.15) is 4.98 Å². The number of nitrogens with zero attached hydrogens (tertiary/aromatic N) is 3. The highest BCUT2D eigenvalue weighted by Crippen LogP contribution is 2.40. The van der Waals surface area contributed by atoms with E-state index < -0.39 is 0 Å². The van der Waals surface area contributed by atoms with E-state index in [0.717, 1.165) is 38.2 Å². The number of aromatic nitrogens is 2. The van der Waals surface area contributed by atoms with Gasteiger partial charge in [0.1, 0.15) is 11.5 Å². The molecule has 1 aliphatic carbocycles. The maximum atomic E-state index is 6.10. The van der Waals surface area contributed by atoms with Gasteiger partial charge in [-0.15, -0.1) is 0 Å². The third-order valence-electron chi connectivity index (χ3n) is 3.16. The van der Waals surface area contributed by atoms with Crippen molar-refractivity contribution in [3.05, 3.63) is 5.82 Å². The number of nitrogen functional groups attached to an aromatic ring is 1. The molecule has 1 aliphatic rings. The molecule has 1 fully saturated rings. The van der Waals surface area contributed by atoms with Crippen LogP contribution in [-0.2, 0) is 0 Å². The highest BCUT2D eigenvalue weighted by molar-refractivity contribution is 5.67. The van der Waals surface area contributed by atoms with Gasteiger partial charge in [-0.1, -0.05) is 6.92 Å². The van der Waals surface area contributed by atoms with Gasteiger partial charge in [0.05, 0.1) is 6.61 Å². The molecule has 0 spiro atoms. The summed E-state index contributed by atoms with van der Waals surface area (Å²) in [6.45, 7) is 4.41. The summed E-state index contributed by atoms with van der Waals surface area (Å²) < 4.78 is 5.65. The number of rotatable bonds is 8. The van der Waals surface area contributed by atoms with Crippen molar-refractivity contribution >= 4 is 11.5 Å². The minimum atomic E-state index is 0.481. The lowest BCUT2D eigenvalue weighted by molar-refractivity contribution is 0.305. The summed E-state index contributed by atoms with van der Waals surface area (Å²) in [5, 5.41) is 3.29. The van der Waals surface area contributed by atoms with Crippen LogP contribution in [0.2, 0.25) is 0 Å². The lowest BCUT2D eigenvalue weighted by atomic mass is 10.3. The SMILES string of the molecule is CCCOc1nc(C2CC2)nc(NCCN(C)C)c1N. The van der Waals surface area contributed by atoms with Crippen molar-refractivity contribution in [3.63, 3.8) is 0 Å². The average molecular weight is 279 g/mol. The van der Waals surface area contributed by atoms with Gasteiger partial charge in [0.2, 0.25) is 5.88 Å². The van der Waals surface area contributed by atoms with Crippen LogP contribution < -0.4 is 15.8 Å². The Morgan fingerprint density at radius 3 is 2.70 bits per heavy atom. The number of nitrogens with two attached hydrogens (primary N) is 1. The molecule has 0 amide bonds. The first-order valence-corrected chi connectivity index (χ1v) is 7.30. The summed E-state index contributed by atoms with van der Waals surface area (Å²) >= 11 is 0. The van der Waals surface area contributed by atoms with Gasteiger partial charge in [-0.25, -0.2) is 4.98 Å². The molecule has 20 heavy (non-hydrogen) atoms. The molecule has 0 unspecified atom stereocenters. The van der Waals surface area contributed by atoms with Crippen molar-refractivity contribution in [2.45, 2.75) is 32.1 Å². The van der Waals surface area contributed by atoms with E-state index in [0.29, 0.717) is 29.9 Å². The second kappa shape index (κ2) is 6.74. The number of anilines is 2. The van der Waals surface area contributed by atoms with Crippen LogP contribution in [0.3, 0.4) is 0 Å². The molecule has 6 nitrogen and oxygen atoms in total. The molecule has 0 aliphatic heterocycles. The van der Waals surface area contributed by atoms with Gasteiger partial charge >= 0.3 is 0 Å². The molecule has 0 bridgehead atoms. The van der Waals surface area contributed by atoms with Crippen molar-refractivity contribution in [2.24, 2.45) is 0 Å². The largest absolute Gasteiger partial charge is 0.476 e. The summed E-state index contributed by atoms with van der Waals surface area (Å²) in [6, 6.07) is 0. The molecule has 0 aromatic carbocycles. The van der Waals surface area contributed by atoms with Crippen LogP contribution >= 0.6 is 0 Å². The molecule has 112 valence electrons. The zero-order valence-corrected chi connectivity index (χ0v) is 12.6. The minimum absolute atomic E-state index is 0.481. The van der Waals surface area contributed by atoms with E-state index in [1.807, 2.05) is 14.1 Å². The Bertz CT molecular complexity index is 445. The molecule has 3 N–H and O–H groups in total. The van der Waals surface area contributed by atoms with Crippen LogP contribution in [0.15, 0.2) is 0 Å². The highest BCUT2D eigenvalue weighted by Gasteiger charge is 2.28. The smallest absolute Gasteiger partial charge is 0.242 e. The van der Waals surface area contributed by atoms with E-state index in [2.05, 4.69) is 27.1 Å². The fourth-order valence-electron chi connectivity index (χ4n) is 1.83. The first-order valence-electron chi connectivity index (χ1n) is 7.30. The third kappa shape index (κ3) is 3.96. The Morgan fingerprint density at radius 2 is 2.10 bits per heavy atom. The van der Waals surface area contributed by atoms with Crippen molar-refractivity contribution in [1.29, 1.82) is 0 Å². The predicted octanol–water partition coefficient (Wildman–Crippen LogP) is 1.70. The number of hydrogen-bond donors (Lipinski definition) is 2. The molecular weight excluding hydrogens is 254 g/mol. The van der Waals surface area contributed by atoms with Crippen LogP contribution in [0.25, 0.3) is 0 Å². The van der Waals surface area contributed by atoms with Crippen LogP contribution in [0.1, 0.15) is 37.9 Å². The summed E-state index contributed by atoms with van der Waals surface area (Å²) in [7, 11) is 4.08. The van der Waals surface area contributed by atoms with Crippen LogP contribution in [0, 0.1) is 0 Å². The molecule has 0 atom stereocenters. The van der Waals surface area contributed by atoms with Gasteiger partial charge in [0, 0.05) is 19.0 Å². The molecule has 1 aromatic rings. The lowest BCUT2D eigenvalue weighted by Gasteiger charge is -2.15. The Kier molecular flexibility index (Phi) is 5.00. The summed E-state index contributed by atoms with van der Waals surface area (Å²) in [5.41, 5.74) is 6.62. The molecule has 0 radical (unpaired) electrons. The summed E-state index contributed by atoms with van der Waals surface area (Å²) in [5.74, 6) is 2.57. The average Bonchev–Trinajstić information content (AvgIpc) is 3.23. The van der Waals surface area contributed by atoms with Crippen molar-refractivity contribution in [3.8, 4) is 5.88 Å². The van der Waals surface area contributed by atoms with Crippen molar-refractivity contribution < 1.29 is 4.74 Å². The van der Waals surface area contributed by atoms with Crippen molar-refractivity contribution in [1.82, 2.24) is 14.9 Å². The Morgan fingerprint density at radius 1 is 1.35 bits per heavy atom.